The summed E-state index contributed by atoms with van der Waals surface area (Å²) in [6.45, 7) is 12.7. The first-order valence-corrected chi connectivity index (χ1v) is 6.40. The Hall–Kier alpha value is -0.160. The molecule has 16 heavy (non-hydrogen) atoms. The predicted octanol–water partition coefficient (Wildman–Crippen LogP) is 0.969. The summed E-state index contributed by atoms with van der Waals surface area (Å²) in [6.07, 6.45) is 0. The monoisotopic (exact) mass is 232 g/mol. The molecule has 0 aliphatic carbocycles. The van der Waals surface area contributed by atoms with E-state index in [1.54, 1.807) is 7.11 Å². The number of piperazine rings is 1. The van der Waals surface area contributed by atoms with Gasteiger partial charge in [-0.05, 0) is 6.92 Å². The molecule has 1 fully saturated rings. The Labute approximate surface area is 100 Å². The maximum absolute atomic E-state index is 5.46. The van der Waals surface area contributed by atoms with Crippen LogP contribution in [0.1, 0.15) is 20.8 Å². The lowest BCUT2D eigenvalue weighted by Gasteiger charge is -2.34. The lowest BCUT2D eigenvalue weighted by molar-refractivity contribution is 0.0174. The van der Waals surface area contributed by atoms with E-state index < -0.39 is 0 Å². The first-order valence-electron chi connectivity index (χ1n) is 6.40. The van der Waals surface area contributed by atoms with Crippen LogP contribution >= 0.6 is 0 Å². The SMILES string of the molecule is CC.CCOCC(COC)N1CCNCC1. The number of hydrogen-bond donors (Lipinski definition) is 1. The molecule has 1 saturated heterocycles. The molecule has 0 aromatic carbocycles. The first kappa shape index (κ1) is 15.8. The second-order valence-corrected chi connectivity index (χ2v) is 3.55. The molecule has 0 aromatic heterocycles. The second kappa shape index (κ2) is 11.3. The summed E-state index contributed by atoms with van der Waals surface area (Å²) in [4.78, 5) is 2.44. The van der Waals surface area contributed by atoms with E-state index in [0.29, 0.717) is 6.04 Å². The Kier molecular flexibility index (Phi) is 11.2. The number of nitrogens with zero attached hydrogens (tertiary/aromatic N) is 1. The molecular weight excluding hydrogens is 204 g/mol. The molecule has 1 aliphatic rings. The summed E-state index contributed by atoms with van der Waals surface area (Å²) in [5, 5.41) is 3.34. The lowest BCUT2D eigenvalue weighted by Crippen LogP contribution is -2.51. The third-order valence-corrected chi connectivity index (χ3v) is 2.54. The van der Waals surface area contributed by atoms with Crippen molar-refractivity contribution in [1.82, 2.24) is 10.2 Å². The molecule has 0 spiro atoms. The lowest BCUT2D eigenvalue weighted by atomic mass is 10.2. The van der Waals surface area contributed by atoms with Gasteiger partial charge in [0.2, 0.25) is 0 Å². The summed E-state index contributed by atoms with van der Waals surface area (Å²) >= 11 is 0. The van der Waals surface area contributed by atoms with Crippen LogP contribution < -0.4 is 5.32 Å². The van der Waals surface area contributed by atoms with Crippen LogP contribution in [0.3, 0.4) is 0 Å². The minimum Gasteiger partial charge on any atom is -0.383 e. The summed E-state index contributed by atoms with van der Waals surface area (Å²) in [7, 11) is 1.75. The van der Waals surface area contributed by atoms with Crippen LogP contribution in [0.5, 0.6) is 0 Å². The van der Waals surface area contributed by atoms with Gasteiger partial charge in [0, 0.05) is 39.9 Å². The highest BCUT2D eigenvalue weighted by atomic mass is 16.5. The van der Waals surface area contributed by atoms with Crippen LogP contribution in [0.4, 0.5) is 0 Å². The largest absolute Gasteiger partial charge is 0.383 e. The third kappa shape index (κ3) is 6.43. The number of rotatable bonds is 6. The smallest absolute Gasteiger partial charge is 0.0644 e. The number of methoxy groups -OCH3 is 1. The summed E-state index contributed by atoms with van der Waals surface area (Å²) < 4.78 is 10.7. The van der Waals surface area contributed by atoms with E-state index in [-0.39, 0.29) is 0 Å². The predicted molar refractivity (Wildman–Crippen MR) is 67.9 cm³/mol. The van der Waals surface area contributed by atoms with Gasteiger partial charge >= 0.3 is 0 Å². The molecule has 1 heterocycles. The zero-order valence-electron chi connectivity index (χ0n) is 11.3. The number of nitrogens with one attached hydrogen (secondary N) is 1. The molecule has 0 aromatic rings. The van der Waals surface area contributed by atoms with E-state index >= 15 is 0 Å². The van der Waals surface area contributed by atoms with Gasteiger partial charge in [0.1, 0.15) is 0 Å². The van der Waals surface area contributed by atoms with Crippen LogP contribution in [-0.4, -0.2) is 64.1 Å². The van der Waals surface area contributed by atoms with Gasteiger partial charge in [0.25, 0.3) is 0 Å². The second-order valence-electron chi connectivity index (χ2n) is 3.55. The molecule has 0 amide bonds. The van der Waals surface area contributed by atoms with Gasteiger partial charge in [0.05, 0.1) is 19.3 Å². The van der Waals surface area contributed by atoms with Crippen molar-refractivity contribution >= 4 is 0 Å². The third-order valence-electron chi connectivity index (χ3n) is 2.54. The fourth-order valence-electron chi connectivity index (χ4n) is 1.75. The summed E-state index contributed by atoms with van der Waals surface area (Å²) in [5.74, 6) is 0. The van der Waals surface area contributed by atoms with E-state index in [1.807, 2.05) is 20.8 Å². The minimum absolute atomic E-state index is 0.419. The summed E-state index contributed by atoms with van der Waals surface area (Å²) in [5.41, 5.74) is 0. The molecule has 4 heteroatoms. The van der Waals surface area contributed by atoms with Gasteiger partial charge in [-0.25, -0.2) is 0 Å². The number of ether oxygens (including phenoxy) is 2. The standard InChI is InChI=1S/C10H22N2O2.C2H6/c1-3-14-9-10(8-13-2)12-6-4-11-5-7-12;1-2/h10-11H,3-9H2,1-2H3;1-2H3. The Morgan fingerprint density at radius 2 is 1.81 bits per heavy atom. The van der Waals surface area contributed by atoms with E-state index in [2.05, 4.69) is 10.2 Å². The first-order chi connectivity index (χ1) is 7.88. The van der Waals surface area contributed by atoms with Gasteiger partial charge < -0.3 is 14.8 Å². The van der Waals surface area contributed by atoms with Crippen molar-refractivity contribution in [3.63, 3.8) is 0 Å². The van der Waals surface area contributed by atoms with Crippen molar-refractivity contribution in [3.8, 4) is 0 Å². The Balaban J connectivity index is 0.00000106. The normalized spacial score (nSPS) is 18.8. The quantitative estimate of drug-likeness (QED) is 0.740. The van der Waals surface area contributed by atoms with E-state index in [4.69, 9.17) is 9.47 Å². The van der Waals surface area contributed by atoms with Crippen molar-refractivity contribution in [3.05, 3.63) is 0 Å². The molecule has 0 radical (unpaired) electrons. The minimum atomic E-state index is 0.419. The van der Waals surface area contributed by atoms with Crippen LogP contribution in [0.25, 0.3) is 0 Å². The molecule has 1 N–H and O–H groups in total. The Morgan fingerprint density at radius 1 is 1.19 bits per heavy atom. The highest BCUT2D eigenvalue weighted by Crippen LogP contribution is 2.03. The molecule has 0 saturated carbocycles. The average molecular weight is 232 g/mol. The molecular formula is C12H28N2O2. The van der Waals surface area contributed by atoms with Crippen molar-refractivity contribution in [2.24, 2.45) is 0 Å². The molecule has 4 nitrogen and oxygen atoms in total. The maximum Gasteiger partial charge on any atom is 0.0644 e. The highest BCUT2D eigenvalue weighted by Gasteiger charge is 2.20. The molecule has 1 atom stereocenters. The molecule has 98 valence electrons. The van der Waals surface area contributed by atoms with E-state index in [1.165, 1.54) is 0 Å². The topological polar surface area (TPSA) is 33.7 Å². The van der Waals surface area contributed by atoms with Crippen LogP contribution in [0, 0.1) is 0 Å². The fourth-order valence-corrected chi connectivity index (χ4v) is 1.75. The van der Waals surface area contributed by atoms with Crippen molar-refractivity contribution < 1.29 is 9.47 Å². The van der Waals surface area contributed by atoms with Crippen LogP contribution in [0.2, 0.25) is 0 Å². The zero-order chi connectivity index (χ0) is 12.2. The van der Waals surface area contributed by atoms with E-state index in [0.717, 1.165) is 46.0 Å². The molecule has 1 aliphatic heterocycles. The van der Waals surface area contributed by atoms with Gasteiger partial charge in [-0.3, -0.25) is 4.90 Å². The maximum atomic E-state index is 5.46. The van der Waals surface area contributed by atoms with Gasteiger partial charge in [-0.15, -0.1) is 0 Å². The molecule has 1 unspecified atom stereocenters. The van der Waals surface area contributed by atoms with Crippen molar-refractivity contribution in [2.75, 3.05) is 53.1 Å². The molecule has 1 rings (SSSR count). The van der Waals surface area contributed by atoms with E-state index in [9.17, 15) is 0 Å². The Morgan fingerprint density at radius 3 is 2.31 bits per heavy atom. The molecule has 0 bridgehead atoms. The van der Waals surface area contributed by atoms with Gasteiger partial charge in [-0.1, -0.05) is 13.8 Å². The highest BCUT2D eigenvalue weighted by molar-refractivity contribution is 4.76. The fraction of sp³-hybridized carbons (Fsp3) is 1.00. The van der Waals surface area contributed by atoms with Gasteiger partial charge in [-0.2, -0.15) is 0 Å². The Bertz CT molecular complexity index is 139. The zero-order valence-corrected chi connectivity index (χ0v) is 11.3. The van der Waals surface area contributed by atoms with Crippen LogP contribution in [0.15, 0.2) is 0 Å². The van der Waals surface area contributed by atoms with Crippen molar-refractivity contribution in [2.45, 2.75) is 26.8 Å². The van der Waals surface area contributed by atoms with Gasteiger partial charge in [0.15, 0.2) is 0 Å². The van der Waals surface area contributed by atoms with Crippen LogP contribution in [-0.2, 0) is 9.47 Å². The van der Waals surface area contributed by atoms with Crippen molar-refractivity contribution in [1.29, 1.82) is 0 Å². The average Bonchev–Trinajstić information content (AvgIpc) is 2.38. The number of hydrogen-bond acceptors (Lipinski definition) is 4. The summed E-state index contributed by atoms with van der Waals surface area (Å²) in [6, 6.07) is 0.419.